The molecule has 0 bridgehead atoms. The first kappa shape index (κ1) is 19.4. The van der Waals surface area contributed by atoms with Crippen molar-refractivity contribution in [2.45, 2.75) is 25.7 Å². The molecule has 2 aromatic carbocycles. The SMILES string of the molecule is CC(=O)N(CCNS(=O)(=O)c1cccc(Cl)c1)c1cc(C)cc(C)c1. The van der Waals surface area contributed by atoms with Gasteiger partial charge in [-0.25, -0.2) is 13.1 Å². The van der Waals surface area contributed by atoms with Crippen LogP contribution in [-0.4, -0.2) is 27.4 Å². The van der Waals surface area contributed by atoms with Crippen LogP contribution in [0, 0.1) is 13.8 Å². The van der Waals surface area contributed by atoms with Gasteiger partial charge in [0.05, 0.1) is 4.90 Å². The summed E-state index contributed by atoms with van der Waals surface area (Å²) < 4.78 is 27.1. The predicted octanol–water partition coefficient (Wildman–Crippen LogP) is 3.29. The number of hydrogen-bond donors (Lipinski definition) is 1. The maximum Gasteiger partial charge on any atom is 0.240 e. The summed E-state index contributed by atoms with van der Waals surface area (Å²) in [7, 11) is -3.68. The molecule has 0 spiro atoms. The van der Waals surface area contributed by atoms with Crippen LogP contribution >= 0.6 is 11.6 Å². The highest BCUT2D eigenvalue weighted by Crippen LogP contribution is 2.19. The average Bonchev–Trinajstić information content (AvgIpc) is 2.50. The Morgan fingerprint density at radius 2 is 1.76 bits per heavy atom. The Bertz CT molecular complexity index is 861. The Balaban J connectivity index is 2.10. The van der Waals surface area contributed by atoms with Gasteiger partial charge in [0.25, 0.3) is 0 Å². The number of hydrogen-bond acceptors (Lipinski definition) is 3. The number of halogens is 1. The molecule has 0 atom stereocenters. The topological polar surface area (TPSA) is 66.5 Å². The van der Waals surface area contributed by atoms with Gasteiger partial charge >= 0.3 is 0 Å². The van der Waals surface area contributed by atoms with Crippen LogP contribution < -0.4 is 9.62 Å². The first-order valence-electron chi connectivity index (χ1n) is 7.81. The van der Waals surface area contributed by atoms with Gasteiger partial charge in [-0.05, 0) is 55.3 Å². The van der Waals surface area contributed by atoms with Crippen LogP contribution in [0.3, 0.4) is 0 Å². The highest BCUT2D eigenvalue weighted by atomic mass is 35.5. The van der Waals surface area contributed by atoms with Crippen molar-refractivity contribution in [1.29, 1.82) is 0 Å². The fourth-order valence-electron chi connectivity index (χ4n) is 2.58. The second-order valence-corrected chi connectivity index (χ2v) is 8.08. The van der Waals surface area contributed by atoms with E-state index >= 15 is 0 Å². The van der Waals surface area contributed by atoms with Crippen molar-refractivity contribution in [2.24, 2.45) is 0 Å². The quantitative estimate of drug-likeness (QED) is 0.836. The highest BCUT2D eigenvalue weighted by Gasteiger charge is 2.16. The Morgan fingerprint density at radius 3 is 2.32 bits per heavy atom. The molecule has 0 heterocycles. The fraction of sp³-hybridized carbons (Fsp3) is 0.278. The summed E-state index contributed by atoms with van der Waals surface area (Å²) in [5.74, 6) is -0.146. The van der Waals surface area contributed by atoms with Crippen molar-refractivity contribution in [1.82, 2.24) is 4.72 Å². The summed E-state index contributed by atoms with van der Waals surface area (Å²) in [6.07, 6.45) is 0. The van der Waals surface area contributed by atoms with E-state index in [0.29, 0.717) is 5.02 Å². The van der Waals surface area contributed by atoms with Gasteiger partial charge in [-0.1, -0.05) is 23.7 Å². The number of aryl methyl sites for hydroxylation is 2. The van der Waals surface area contributed by atoms with Gasteiger partial charge in [0.1, 0.15) is 0 Å². The molecular weight excluding hydrogens is 360 g/mol. The maximum atomic E-state index is 12.3. The third-order valence-electron chi connectivity index (χ3n) is 3.63. The Hall–Kier alpha value is -1.89. The molecule has 7 heteroatoms. The molecule has 134 valence electrons. The Morgan fingerprint density at radius 1 is 1.12 bits per heavy atom. The van der Waals surface area contributed by atoms with E-state index in [2.05, 4.69) is 4.72 Å². The molecule has 0 saturated carbocycles. The minimum atomic E-state index is -3.68. The number of sulfonamides is 1. The molecule has 0 fully saturated rings. The minimum Gasteiger partial charge on any atom is -0.311 e. The number of carbonyl (C=O) groups excluding carboxylic acids is 1. The van der Waals surface area contributed by atoms with Crippen molar-refractivity contribution >= 4 is 33.2 Å². The Labute approximate surface area is 153 Å². The van der Waals surface area contributed by atoms with E-state index in [-0.39, 0.29) is 23.9 Å². The van der Waals surface area contributed by atoms with Crippen LogP contribution in [0.2, 0.25) is 5.02 Å². The first-order valence-corrected chi connectivity index (χ1v) is 9.67. The number of nitrogens with zero attached hydrogens (tertiary/aromatic N) is 1. The second-order valence-electron chi connectivity index (χ2n) is 5.87. The van der Waals surface area contributed by atoms with Gasteiger partial charge in [-0.3, -0.25) is 4.79 Å². The molecule has 25 heavy (non-hydrogen) atoms. The van der Waals surface area contributed by atoms with E-state index in [9.17, 15) is 13.2 Å². The normalized spacial score (nSPS) is 11.4. The van der Waals surface area contributed by atoms with E-state index in [1.54, 1.807) is 17.0 Å². The van der Waals surface area contributed by atoms with Gasteiger partial charge in [0.2, 0.25) is 15.9 Å². The number of carbonyl (C=O) groups is 1. The molecule has 1 amide bonds. The van der Waals surface area contributed by atoms with Crippen LogP contribution in [0.4, 0.5) is 5.69 Å². The van der Waals surface area contributed by atoms with Gasteiger partial charge in [0, 0.05) is 30.7 Å². The number of nitrogens with one attached hydrogen (secondary N) is 1. The lowest BCUT2D eigenvalue weighted by molar-refractivity contribution is -0.116. The zero-order valence-electron chi connectivity index (χ0n) is 14.4. The average molecular weight is 381 g/mol. The van der Waals surface area contributed by atoms with Crippen molar-refractivity contribution < 1.29 is 13.2 Å². The van der Waals surface area contributed by atoms with Crippen LogP contribution in [0.5, 0.6) is 0 Å². The predicted molar refractivity (Wildman–Crippen MR) is 101 cm³/mol. The molecule has 2 rings (SSSR count). The van der Waals surface area contributed by atoms with E-state index in [4.69, 9.17) is 11.6 Å². The molecule has 0 radical (unpaired) electrons. The molecule has 0 aliphatic heterocycles. The largest absolute Gasteiger partial charge is 0.311 e. The van der Waals surface area contributed by atoms with Gasteiger partial charge in [-0.2, -0.15) is 0 Å². The fourth-order valence-corrected chi connectivity index (χ4v) is 3.91. The number of benzene rings is 2. The van der Waals surface area contributed by atoms with E-state index < -0.39 is 10.0 Å². The summed E-state index contributed by atoms with van der Waals surface area (Å²) in [5, 5.41) is 0.350. The summed E-state index contributed by atoms with van der Waals surface area (Å²) in [4.78, 5) is 13.6. The van der Waals surface area contributed by atoms with Crippen LogP contribution in [-0.2, 0) is 14.8 Å². The molecular formula is C18H21ClN2O3S. The van der Waals surface area contributed by atoms with Gasteiger partial charge in [-0.15, -0.1) is 0 Å². The Kier molecular flexibility index (Phi) is 6.21. The zero-order chi connectivity index (χ0) is 18.6. The zero-order valence-corrected chi connectivity index (χ0v) is 16.0. The van der Waals surface area contributed by atoms with Crippen molar-refractivity contribution in [2.75, 3.05) is 18.0 Å². The molecule has 1 N–H and O–H groups in total. The molecule has 0 saturated heterocycles. The van der Waals surface area contributed by atoms with Crippen molar-refractivity contribution in [3.63, 3.8) is 0 Å². The monoisotopic (exact) mass is 380 g/mol. The molecule has 2 aromatic rings. The molecule has 5 nitrogen and oxygen atoms in total. The third-order valence-corrected chi connectivity index (χ3v) is 5.33. The standard InChI is InChI=1S/C18H21ClN2O3S/c1-13-9-14(2)11-17(10-13)21(15(3)22)8-7-20-25(23,24)18-6-4-5-16(19)12-18/h4-6,9-12,20H,7-8H2,1-3H3. The summed E-state index contributed by atoms with van der Waals surface area (Å²) in [6, 6.07) is 11.9. The van der Waals surface area contributed by atoms with Crippen molar-refractivity contribution in [3.8, 4) is 0 Å². The number of anilines is 1. The summed E-state index contributed by atoms with van der Waals surface area (Å²) >= 11 is 5.84. The molecule has 0 aliphatic rings. The molecule has 0 aromatic heterocycles. The molecule has 0 unspecified atom stereocenters. The van der Waals surface area contributed by atoms with E-state index in [0.717, 1.165) is 16.8 Å². The van der Waals surface area contributed by atoms with Crippen LogP contribution in [0.15, 0.2) is 47.4 Å². The van der Waals surface area contributed by atoms with Crippen LogP contribution in [0.1, 0.15) is 18.1 Å². The van der Waals surface area contributed by atoms with Crippen LogP contribution in [0.25, 0.3) is 0 Å². The maximum absolute atomic E-state index is 12.3. The lowest BCUT2D eigenvalue weighted by atomic mass is 10.1. The highest BCUT2D eigenvalue weighted by molar-refractivity contribution is 7.89. The minimum absolute atomic E-state index is 0.0979. The van der Waals surface area contributed by atoms with Gasteiger partial charge < -0.3 is 4.90 Å². The first-order chi connectivity index (χ1) is 11.7. The third kappa shape index (κ3) is 5.29. The van der Waals surface area contributed by atoms with E-state index in [1.807, 2.05) is 32.0 Å². The smallest absolute Gasteiger partial charge is 0.240 e. The van der Waals surface area contributed by atoms with Crippen molar-refractivity contribution in [3.05, 3.63) is 58.6 Å². The van der Waals surface area contributed by atoms with E-state index in [1.165, 1.54) is 19.1 Å². The molecule has 0 aliphatic carbocycles. The summed E-state index contributed by atoms with van der Waals surface area (Å²) in [5.41, 5.74) is 2.84. The lowest BCUT2D eigenvalue weighted by Gasteiger charge is -2.22. The van der Waals surface area contributed by atoms with Gasteiger partial charge in [0.15, 0.2) is 0 Å². The number of rotatable bonds is 6. The summed E-state index contributed by atoms with van der Waals surface area (Å²) in [6.45, 7) is 5.70. The second kappa shape index (κ2) is 7.99. The lowest BCUT2D eigenvalue weighted by Crippen LogP contribution is -2.37. The number of amides is 1.